The van der Waals surface area contributed by atoms with Crippen LogP contribution in [0.3, 0.4) is 0 Å². The Morgan fingerprint density at radius 2 is 0.789 bits per heavy atom. The van der Waals surface area contributed by atoms with Crippen molar-refractivity contribution >= 4 is 39.2 Å². The van der Waals surface area contributed by atoms with Crippen molar-refractivity contribution in [1.29, 1.82) is 0 Å². The predicted octanol–water partition coefficient (Wildman–Crippen LogP) is 12.2. The van der Waals surface area contributed by atoms with Crippen molar-refractivity contribution < 1.29 is 0 Å². The molecule has 0 atom stereocenters. The molecule has 2 heterocycles. The van der Waals surface area contributed by atoms with Gasteiger partial charge in [0.1, 0.15) is 0 Å². The first-order valence-electron chi connectivity index (χ1n) is 15.4. The molecular formula is C32H55Cl3N2Si. The minimum absolute atomic E-state index is 0.817. The molecule has 0 aliphatic carbocycles. The number of aryl methyl sites for hydroxylation is 2. The predicted molar refractivity (Wildman–Crippen MR) is 175 cm³/mol. The summed E-state index contributed by atoms with van der Waals surface area (Å²) in [6.45, 7) is 6.10. The fourth-order valence-electron chi connectivity index (χ4n) is 4.72. The standard InChI is InChI=1S/C17H29N.C15H26Cl3NSi/c1-2-3-4-5-6-7-8-9-10-11-12-15-18-16-13-14-17-18;16-20(17,18)15-11-7-5-3-1-2-4-6-8-12-19-13-9-10-14-19/h2,13-14,16-17H,1,3-12,15H2;9-10,13-14H,1-8,11-12,15H2. The Hall–Kier alpha value is -0.613. The van der Waals surface area contributed by atoms with Crippen LogP contribution in [0.15, 0.2) is 61.7 Å². The van der Waals surface area contributed by atoms with E-state index in [1.165, 1.54) is 122 Å². The SMILES string of the molecule is C=CCCCCCCCCCCCn1cccc1.Cl[Si](Cl)(Cl)CCCCCCCCCCCn1cccc1. The van der Waals surface area contributed by atoms with Crippen molar-refractivity contribution in [2.75, 3.05) is 0 Å². The summed E-state index contributed by atoms with van der Waals surface area (Å²) in [7, 11) is 0. The zero-order valence-corrected chi connectivity index (χ0v) is 27.3. The third kappa shape index (κ3) is 24.4. The fraction of sp³-hybridized carbons (Fsp3) is 0.688. The average molecular weight is 602 g/mol. The minimum Gasteiger partial charge on any atom is -0.354 e. The van der Waals surface area contributed by atoms with Crippen LogP contribution in [0.4, 0.5) is 0 Å². The molecule has 0 unspecified atom stereocenters. The fourth-order valence-corrected chi connectivity index (χ4v) is 6.57. The molecule has 2 aromatic rings. The van der Waals surface area contributed by atoms with Crippen LogP contribution in [0.2, 0.25) is 6.04 Å². The summed E-state index contributed by atoms with van der Waals surface area (Å²) >= 11 is 17.5. The second-order valence-corrected chi connectivity index (χ2v) is 19.9. The van der Waals surface area contributed by atoms with Crippen LogP contribution in [-0.2, 0) is 13.1 Å². The molecule has 0 saturated heterocycles. The molecule has 0 amide bonds. The van der Waals surface area contributed by atoms with Crippen molar-refractivity contribution in [3.8, 4) is 0 Å². The molecule has 0 fully saturated rings. The summed E-state index contributed by atoms with van der Waals surface area (Å²) in [5, 5.41) is 0. The highest BCUT2D eigenvalue weighted by molar-refractivity contribution is 7.64. The summed E-state index contributed by atoms with van der Waals surface area (Å²) in [6, 6.07) is 6.84. The zero-order chi connectivity index (χ0) is 27.6. The van der Waals surface area contributed by atoms with Crippen molar-refractivity contribution in [3.05, 3.63) is 61.7 Å². The van der Waals surface area contributed by atoms with E-state index in [0.717, 1.165) is 19.0 Å². The first-order chi connectivity index (χ1) is 18.5. The lowest BCUT2D eigenvalue weighted by atomic mass is 10.1. The van der Waals surface area contributed by atoms with Crippen LogP contribution in [0, 0.1) is 0 Å². The molecule has 0 saturated carbocycles. The summed E-state index contributed by atoms with van der Waals surface area (Å²) in [6.07, 6.45) is 36.0. The number of rotatable bonds is 24. The molecule has 0 aromatic carbocycles. The zero-order valence-electron chi connectivity index (χ0n) is 24.0. The van der Waals surface area contributed by atoms with Gasteiger partial charge in [-0.1, -0.05) is 102 Å². The molecule has 0 spiro atoms. The van der Waals surface area contributed by atoms with Gasteiger partial charge >= 0.3 is 6.00 Å². The highest BCUT2D eigenvalue weighted by Crippen LogP contribution is 2.27. The molecule has 2 nitrogen and oxygen atoms in total. The number of halogens is 3. The van der Waals surface area contributed by atoms with Crippen LogP contribution in [0.1, 0.15) is 122 Å². The first kappa shape index (κ1) is 35.4. The lowest BCUT2D eigenvalue weighted by Crippen LogP contribution is -2.07. The number of aromatic nitrogens is 2. The quantitative estimate of drug-likeness (QED) is 0.0490. The molecule has 6 heteroatoms. The molecular weight excluding hydrogens is 547 g/mol. The monoisotopic (exact) mass is 600 g/mol. The van der Waals surface area contributed by atoms with Gasteiger partial charge in [0.05, 0.1) is 0 Å². The van der Waals surface area contributed by atoms with Crippen LogP contribution < -0.4 is 0 Å². The molecule has 0 aliphatic heterocycles. The molecule has 0 aliphatic rings. The van der Waals surface area contributed by atoms with E-state index in [2.05, 4.69) is 64.8 Å². The van der Waals surface area contributed by atoms with E-state index >= 15 is 0 Å². The highest BCUT2D eigenvalue weighted by Gasteiger charge is 2.23. The smallest absolute Gasteiger partial charge is 0.341 e. The van der Waals surface area contributed by atoms with Gasteiger partial charge < -0.3 is 9.13 Å². The lowest BCUT2D eigenvalue weighted by Gasteiger charge is -2.07. The Bertz CT molecular complexity index is 726. The largest absolute Gasteiger partial charge is 0.354 e. The Morgan fingerprint density at radius 1 is 0.474 bits per heavy atom. The molecule has 0 N–H and O–H groups in total. The van der Waals surface area contributed by atoms with E-state index in [9.17, 15) is 0 Å². The van der Waals surface area contributed by atoms with E-state index in [-0.39, 0.29) is 0 Å². The average Bonchev–Trinajstić information content (AvgIpc) is 3.60. The number of allylic oxidation sites excluding steroid dienone is 1. The van der Waals surface area contributed by atoms with Gasteiger partial charge in [-0.25, -0.2) is 0 Å². The van der Waals surface area contributed by atoms with E-state index in [1.807, 2.05) is 6.08 Å². The topological polar surface area (TPSA) is 9.86 Å². The Balaban J connectivity index is 0.000000382. The van der Waals surface area contributed by atoms with Gasteiger partial charge in [0.2, 0.25) is 0 Å². The third-order valence-electron chi connectivity index (χ3n) is 7.03. The Labute approximate surface area is 250 Å². The van der Waals surface area contributed by atoms with Crippen molar-refractivity contribution in [1.82, 2.24) is 9.13 Å². The summed E-state index contributed by atoms with van der Waals surface area (Å²) in [5.41, 5.74) is 0. The maximum Gasteiger partial charge on any atom is 0.341 e. The van der Waals surface area contributed by atoms with Crippen LogP contribution >= 0.6 is 33.2 Å². The van der Waals surface area contributed by atoms with E-state index in [0.29, 0.717) is 0 Å². The Kier molecular flexibility index (Phi) is 23.6. The minimum atomic E-state index is -2.36. The van der Waals surface area contributed by atoms with Crippen molar-refractivity contribution in [2.45, 2.75) is 141 Å². The molecule has 2 aromatic heterocycles. The summed E-state index contributed by atoms with van der Waals surface area (Å²) < 4.78 is 4.54. The van der Waals surface area contributed by atoms with Gasteiger partial charge in [-0.3, -0.25) is 0 Å². The second kappa shape index (κ2) is 25.4. The molecule has 218 valence electrons. The normalized spacial score (nSPS) is 11.3. The van der Waals surface area contributed by atoms with Crippen LogP contribution in [-0.4, -0.2) is 15.1 Å². The van der Waals surface area contributed by atoms with Crippen molar-refractivity contribution in [2.24, 2.45) is 0 Å². The van der Waals surface area contributed by atoms with Gasteiger partial charge in [-0.05, 0) is 56.0 Å². The van der Waals surface area contributed by atoms with E-state index in [4.69, 9.17) is 33.2 Å². The second-order valence-electron chi connectivity index (χ2n) is 10.6. The number of nitrogens with zero attached hydrogens (tertiary/aromatic N) is 2. The lowest BCUT2D eigenvalue weighted by molar-refractivity contribution is 0.537. The molecule has 38 heavy (non-hydrogen) atoms. The molecule has 0 bridgehead atoms. The highest BCUT2D eigenvalue weighted by atomic mass is 35.8. The van der Waals surface area contributed by atoms with E-state index < -0.39 is 6.00 Å². The maximum absolute atomic E-state index is 5.85. The first-order valence-corrected chi connectivity index (χ1v) is 20.6. The summed E-state index contributed by atoms with van der Waals surface area (Å²) in [5.74, 6) is 0. The van der Waals surface area contributed by atoms with Gasteiger partial charge in [-0.2, -0.15) is 0 Å². The number of hydrogen-bond donors (Lipinski definition) is 0. The molecule has 2 rings (SSSR count). The van der Waals surface area contributed by atoms with Crippen LogP contribution in [0.25, 0.3) is 0 Å². The van der Waals surface area contributed by atoms with Gasteiger partial charge in [0, 0.05) is 37.9 Å². The third-order valence-corrected chi connectivity index (χ3v) is 9.65. The molecule has 0 radical (unpaired) electrons. The van der Waals surface area contributed by atoms with E-state index in [1.54, 1.807) is 0 Å². The van der Waals surface area contributed by atoms with Gasteiger partial charge in [0.15, 0.2) is 0 Å². The summed E-state index contributed by atoms with van der Waals surface area (Å²) in [4.78, 5) is 0. The van der Waals surface area contributed by atoms with Crippen LogP contribution in [0.5, 0.6) is 0 Å². The van der Waals surface area contributed by atoms with Gasteiger partial charge in [0.25, 0.3) is 0 Å². The van der Waals surface area contributed by atoms with Gasteiger partial charge in [-0.15, -0.1) is 39.8 Å². The van der Waals surface area contributed by atoms with Crippen molar-refractivity contribution in [3.63, 3.8) is 0 Å². The number of unbranched alkanes of at least 4 members (excludes halogenated alkanes) is 17. The number of hydrogen-bond acceptors (Lipinski definition) is 0. The Morgan fingerprint density at radius 3 is 1.13 bits per heavy atom. The maximum atomic E-state index is 5.85.